The predicted octanol–water partition coefficient (Wildman–Crippen LogP) is 0.582. The number of nitrogens with two attached hydrogens (primary N) is 1. The van der Waals surface area contributed by atoms with Crippen molar-refractivity contribution in [2.24, 2.45) is 0 Å². The van der Waals surface area contributed by atoms with Crippen molar-refractivity contribution in [1.82, 2.24) is 10.2 Å². The number of carbonyl (C=O) groups is 2. The van der Waals surface area contributed by atoms with E-state index in [1.54, 1.807) is 38.1 Å². The molecular weight excluding hydrogens is 256 g/mol. The van der Waals surface area contributed by atoms with Crippen LogP contribution in [0.2, 0.25) is 0 Å². The molecule has 1 atom stereocenters. The minimum atomic E-state index is -0.423. The van der Waals surface area contributed by atoms with Gasteiger partial charge in [0, 0.05) is 18.4 Å². The van der Waals surface area contributed by atoms with Crippen molar-refractivity contribution >= 4 is 23.2 Å². The van der Waals surface area contributed by atoms with Gasteiger partial charge in [0.25, 0.3) is 0 Å². The molecule has 0 heterocycles. The van der Waals surface area contributed by atoms with Gasteiger partial charge in [-0.25, -0.2) is 0 Å². The number of rotatable bonds is 5. The maximum atomic E-state index is 12.2. The lowest BCUT2D eigenvalue weighted by Crippen LogP contribution is -2.44. The Morgan fingerprint density at radius 1 is 1.40 bits per heavy atom. The summed E-state index contributed by atoms with van der Waals surface area (Å²) in [7, 11) is 3.29. The molecule has 1 rings (SSSR count). The molecule has 4 N–H and O–H groups in total. The van der Waals surface area contributed by atoms with E-state index < -0.39 is 6.04 Å². The molecule has 2 amide bonds. The highest BCUT2D eigenvalue weighted by atomic mass is 16.2. The van der Waals surface area contributed by atoms with Crippen LogP contribution in [0.25, 0.3) is 0 Å². The Bertz CT molecular complexity index is 502. The lowest BCUT2D eigenvalue weighted by atomic mass is 10.1. The van der Waals surface area contributed by atoms with Crippen LogP contribution in [-0.4, -0.2) is 43.4 Å². The number of likely N-dealkylation sites (N-methyl/N-ethyl adjacent to an activating group) is 2. The van der Waals surface area contributed by atoms with E-state index in [9.17, 15) is 9.59 Å². The molecule has 0 bridgehead atoms. The van der Waals surface area contributed by atoms with E-state index in [-0.39, 0.29) is 18.4 Å². The lowest BCUT2D eigenvalue weighted by Gasteiger charge is -2.23. The number of amides is 2. The molecule has 0 aliphatic heterocycles. The Morgan fingerprint density at radius 2 is 2.05 bits per heavy atom. The van der Waals surface area contributed by atoms with Gasteiger partial charge < -0.3 is 16.4 Å². The van der Waals surface area contributed by atoms with Crippen LogP contribution in [-0.2, 0) is 9.59 Å². The van der Waals surface area contributed by atoms with Crippen LogP contribution in [0.4, 0.5) is 11.4 Å². The number of hydrogen-bond donors (Lipinski definition) is 3. The molecule has 20 heavy (non-hydrogen) atoms. The molecule has 0 aliphatic carbocycles. The molecular formula is C14H22N4O2. The van der Waals surface area contributed by atoms with Crippen LogP contribution in [0.15, 0.2) is 18.2 Å². The Labute approximate surface area is 119 Å². The number of benzene rings is 1. The van der Waals surface area contributed by atoms with Crippen molar-refractivity contribution in [3.05, 3.63) is 23.8 Å². The summed E-state index contributed by atoms with van der Waals surface area (Å²) < 4.78 is 0. The first-order chi connectivity index (χ1) is 9.35. The minimum absolute atomic E-state index is 0.132. The third-order valence-corrected chi connectivity index (χ3v) is 3.23. The number of carbonyl (C=O) groups excluding carboxylic acids is 2. The molecule has 0 aromatic heterocycles. The second kappa shape index (κ2) is 6.91. The highest BCUT2D eigenvalue weighted by Gasteiger charge is 2.20. The van der Waals surface area contributed by atoms with Crippen molar-refractivity contribution in [1.29, 1.82) is 0 Å². The number of hydrogen-bond acceptors (Lipinski definition) is 4. The zero-order valence-corrected chi connectivity index (χ0v) is 12.4. The van der Waals surface area contributed by atoms with Crippen molar-refractivity contribution in [3.8, 4) is 0 Å². The van der Waals surface area contributed by atoms with Gasteiger partial charge in [-0.1, -0.05) is 6.07 Å². The van der Waals surface area contributed by atoms with E-state index in [0.29, 0.717) is 11.4 Å². The summed E-state index contributed by atoms with van der Waals surface area (Å²) in [5.74, 6) is -0.308. The molecule has 0 saturated heterocycles. The van der Waals surface area contributed by atoms with Crippen LogP contribution in [0.1, 0.15) is 12.5 Å². The van der Waals surface area contributed by atoms with Gasteiger partial charge in [0.2, 0.25) is 11.8 Å². The van der Waals surface area contributed by atoms with Crippen molar-refractivity contribution < 1.29 is 9.59 Å². The largest absolute Gasteiger partial charge is 0.399 e. The summed E-state index contributed by atoms with van der Waals surface area (Å²) in [6.07, 6.45) is 0. The Morgan fingerprint density at radius 3 is 2.65 bits per heavy atom. The summed E-state index contributed by atoms with van der Waals surface area (Å²) in [6.45, 7) is 3.81. The molecule has 0 saturated carbocycles. The van der Waals surface area contributed by atoms with Gasteiger partial charge in [-0.15, -0.1) is 0 Å². The van der Waals surface area contributed by atoms with Gasteiger partial charge in [0.05, 0.1) is 12.6 Å². The van der Waals surface area contributed by atoms with Gasteiger partial charge in [-0.05, 0) is 38.6 Å². The topological polar surface area (TPSA) is 87.5 Å². The van der Waals surface area contributed by atoms with E-state index in [1.807, 2.05) is 13.0 Å². The highest BCUT2D eigenvalue weighted by molar-refractivity contribution is 5.95. The Kier molecular flexibility index (Phi) is 5.52. The zero-order chi connectivity index (χ0) is 15.3. The van der Waals surface area contributed by atoms with Crippen LogP contribution in [0, 0.1) is 6.92 Å². The summed E-state index contributed by atoms with van der Waals surface area (Å²) in [6, 6.07) is 4.93. The first-order valence-corrected chi connectivity index (χ1v) is 6.43. The first kappa shape index (κ1) is 16.0. The first-order valence-electron chi connectivity index (χ1n) is 6.43. The average molecular weight is 278 g/mol. The summed E-state index contributed by atoms with van der Waals surface area (Å²) >= 11 is 0. The standard InChI is InChI=1S/C14H22N4O2/c1-9-5-6-11(15)7-12(9)17-14(20)10(2)18(4)8-13(19)16-3/h5-7,10H,8,15H2,1-4H3,(H,16,19)(H,17,20). The average Bonchev–Trinajstić information content (AvgIpc) is 2.41. The SMILES string of the molecule is CNC(=O)CN(C)C(C)C(=O)Nc1cc(N)ccc1C. The van der Waals surface area contributed by atoms with Crippen LogP contribution >= 0.6 is 0 Å². The van der Waals surface area contributed by atoms with Crippen molar-refractivity contribution in [2.75, 3.05) is 31.7 Å². The van der Waals surface area contributed by atoms with Gasteiger partial charge in [0.15, 0.2) is 0 Å². The lowest BCUT2D eigenvalue weighted by molar-refractivity contribution is -0.124. The molecule has 1 aromatic rings. The van der Waals surface area contributed by atoms with Crippen LogP contribution in [0.5, 0.6) is 0 Å². The van der Waals surface area contributed by atoms with Gasteiger partial charge >= 0.3 is 0 Å². The number of nitrogens with one attached hydrogen (secondary N) is 2. The van der Waals surface area contributed by atoms with E-state index in [4.69, 9.17) is 5.73 Å². The predicted molar refractivity (Wildman–Crippen MR) is 80.4 cm³/mol. The second-order valence-corrected chi connectivity index (χ2v) is 4.83. The maximum Gasteiger partial charge on any atom is 0.241 e. The fraction of sp³-hybridized carbons (Fsp3) is 0.429. The third kappa shape index (κ3) is 4.24. The van der Waals surface area contributed by atoms with E-state index in [1.165, 1.54) is 0 Å². The number of nitrogens with zero attached hydrogens (tertiary/aromatic N) is 1. The van der Waals surface area contributed by atoms with Gasteiger partial charge in [-0.3, -0.25) is 14.5 Å². The number of aryl methyl sites for hydroxylation is 1. The monoisotopic (exact) mass is 278 g/mol. The van der Waals surface area contributed by atoms with Gasteiger partial charge in [0.1, 0.15) is 0 Å². The fourth-order valence-corrected chi connectivity index (χ4v) is 1.65. The van der Waals surface area contributed by atoms with Crippen LogP contribution < -0.4 is 16.4 Å². The summed E-state index contributed by atoms with van der Waals surface area (Å²) in [5.41, 5.74) is 7.93. The molecule has 0 spiro atoms. The maximum absolute atomic E-state index is 12.2. The molecule has 0 fully saturated rings. The smallest absolute Gasteiger partial charge is 0.241 e. The molecule has 1 unspecified atom stereocenters. The number of nitrogen functional groups attached to an aromatic ring is 1. The number of anilines is 2. The minimum Gasteiger partial charge on any atom is -0.399 e. The Balaban J connectivity index is 2.70. The zero-order valence-electron chi connectivity index (χ0n) is 12.4. The second-order valence-electron chi connectivity index (χ2n) is 4.83. The molecule has 6 heteroatoms. The normalized spacial score (nSPS) is 12.1. The van der Waals surface area contributed by atoms with Gasteiger partial charge in [-0.2, -0.15) is 0 Å². The molecule has 6 nitrogen and oxygen atoms in total. The fourth-order valence-electron chi connectivity index (χ4n) is 1.65. The quantitative estimate of drug-likeness (QED) is 0.688. The molecule has 0 radical (unpaired) electrons. The molecule has 1 aromatic carbocycles. The summed E-state index contributed by atoms with van der Waals surface area (Å²) in [5, 5.41) is 5.36. The third-order valence-electron chi connectivity index (χ3n) is 3.23. The van der Waals surface area contributed by atoms with Crippen LogP contribution in [0.3, 0.4) is 0 Å². The van der Waals surface area contributed by atoms with Crippen molar-refractivity contribution in [2.45, 2.75) is 19.9 Å². The highest BCUT2D eigenvalue weighted by Crippen LogP contribution is 2.18. The molecule has 0 aliphatic rings. The van der Waals surface area contributed by atoms with E-state index in [2.05, 4.69) is 10.6 Å². The summed E-state index contributed by atoms with van der Waals surface area (Å²) in [4.78, 5) is 25.1. The van der Waals surface area contributed by atoms with E-state index in [0.717, 1.165) is 5.56 Å². The molecule has 110 valence electrons. The van der Waals surface area contributed by atoms with E-state index >= 15 is 0 Å². The Hall–Kier alpha value is -2.08. The van der Waals surface area contributed by atoms with Crippen molar-refractivity contribution in [3.63, 3.8) is 0 Å².